The third-order valence-electron chi connectivity index (χ3n) is 6.00. The smallest absolute Gasteiger partial charge is 0.258 e. The number of aryl methyl sites for hydroxylation is 1. The number of amides is 1. The summed E-state index contributed by atoms with van der Waals surface area (Å²) in [5.41, 5.74) is 4.66. The summed E-state index contributed by atoms with van der Waals surface area (Å²) in [6.45, 7) is 3.50. The van der Waals surface area contributed by atoms with Crippen LogP contribution in [-0.4, -0.2) is 33.8 Å². The molecule has 0 bridgehead atoms. The van der Waals surface area contributed by atoms with Crippen LogP contribution in [0.15, 0.2) is 66.7 Å². The number of carbonyl (C=O) groups is 1. The van der Waals surface area contributed by atoms with E-state index >= 15 is 0 Å². The molecule has 0 aliphatic heterocycles. The second-order valence-corrected chi connectivity index (χ2v) is 8.61. The molecule has 1 atom stereocenters. The normalized spacial score (nSPS) is 11.5. The number of nitrogens with one attached hydrogen (secondary N) is 2. The van der Waals surface area contributed by atoms with Gasteiger partial charge in [0.25, 0.3) is 5.91 Å². The van der Waals surface area contributed by atoms with E-state index in [0.717, 1.165) is 36.4 Å². The van der Waals surface area contributed by atoms with E-state index in [9.17, 15) is 4.79 Å². The molecule has 0 aromatic heterocycles. The summed E-state index contributed by atoms with van der Waals surface area (Å²) in [5, 5.41) is 6.04. The first-order valence-electron chi connectivity index (χ1n) is 11.9. The number of ether oxygens (including phenoxy) is 3. The highest BCUT2D eigenvalue weighted by atomic mass is 16.5. The van der Waals surface area contributed by atoms with Gasteiger partial charge in [-0.25, -0.2) is 0 Å². The van der Waals surface area contributed by atoms with Crippen molar-refractivity contribution in [3.8, 4) is 17.2 Å². The number of carbonyl (C=O) groups excluding carboxylic acids is 1. The Morgan fingerprint density at radius 3 is 2.23 bits per heavy atom. The molecule has 6 nitrogen and oxygen atoms in total. The molecule has 0 saturated heterocycles. The Balaban J connectivity index is 1.47. The molecular formula is C29H36N2O4. The largest absolute Gasteiger partial charge is 0.493 e. The van der Waals surface area contributed by atoms with Gasteiger partial charge < -0.3 is 24.8 Å². The highest BCUT2D eigenvalue weighted by Crippen LogP contribution is 2.30. The summed E-state index contributed by atoms with van der Waals surface area (Å²) in [6, 6.07) is 22.2. The van der Waals surface area contributed by atoms with Crippen molar-refractivity contribution < 1.29 is 19.0 Å². The van der Waals surface area contributed by atoms with Crippen molar-refractivity contribution in [3.63, 3.8) is 0 Å². The molecule has 6 heteroatoms. The average Bonchev–Trinajstić information content (AvgIpc) is 2.90. The molecule has 0 aliphatic rings. The summed E-state index contributed by atoms with van der Waals surface area (Å²) in [4.78, 5) is 12.3. The van der Waals surface area contributed by atoms with Crippen LogP contribution in [0, 0.1) is 0 Å². The number of rotatable bonds is 13. The van der Waals surface area contributed by atoms with Gasteiger partial charge in [0.15, 0.2) is 18.1 Å². The van der Waals surface area contributed by atoms with Crippen LogP contribution >= 0.6 is 0 Å². The Morgan fingerprint density at radius 2 is 1.54 bits per heavy atom. The predicted octanol–water partition coefficient (Wildman–Crippen LogP) is 4.85. The van der Waals surface area contributed by atoms with E-state index < -0.39 is 0 Å². The molecule has 3 rings (SSSR count). The third-order valence-corrected chi connectivity index (χ3v) is 6.00. The molecule has 0 aliphatic carbocycles. The summed E-state index contributed by atoms with van der Waals surface area (Å²) >= 11 is 0. The first-order chi connectivity index (χ1) is 17.0. The van der Waals surface area contributed by atoms with Gasteiger partial charge in [0.2, 0.25) is 0 Å². The SMILES string of the molecule is CNCc1ccc(CNC(=O)COc2cccc(C(C)CCc3ccc(OC)c(OC)c3)c2)cc1. The van der Waals surface area contributed by atoms with Crippen LogP contribution in [0.3, 0.4) is 0 Å². The van der Waals surface area contributed by atoms with Gasteiger partial charge in [0.05, 0.1) is 14.2 Å². The Hall–Kier alpha value is -3.51. The molecule has 2 N–H and O–H groups in total. The fourth-order valence-corrected chi connectivity index (χ4v) is 3.88. The maximum atomic E-state index is 12.3. The van der Waals surface area contributed by atoms with Crippen molar-refractivity contribution in [2.24, 2.45) is 0 Å². The van der Waals surface area contributed by atoms with Gasteiger partial charge in [-0.1, -0.05) is 49.4 Å². The number of methoxy groups -OCH3 is 2. The van der Waals surface area contributed by atoms with Gasteiger partial charge in [-0.05, 0) is 72.3 Å². The van der Waals surface area contributed by atoms with E-state index in [-0.39, 0.29) is 12.5 Å². The molecule has 3 aromatic carbocycles. The monoisotopic (exact) mass is 476 g/mol. The van der Waals surface area contributed by atoms with Gasteiger partial charge in [-0.3, -0.25) is 4.79 Å². The zero-order chi connectivity index (χ0) is 25.0. The van der Waals surface area contributed by atoms with Crippen LogP contribution in [0.2, 0.25) is 0 Å². The van der Waals surface area contributed by atoms with E-state index in [2.05, 4.69) is 41.8 Å². The number of hydrogen-bond acceptors (Lipinski definition) is 5. The zero-order valence-electron chi connectivity index (χ0n) is 21.1. The fourth-order valence-electron chi connectivity index (χ4n) is 3.88. The highest BCUT2D eigenvalue weighted by molar-refractivity contribution is 5.77. The minimum absolute atomic E-state index is 0.0126. The molecular weight excluding hydrogens is 440 g/mol. The standard InChI is InChI=1S/C29H36N2O4/c1-21(8-9-22-14-15-27(33-3)28(16-22)34-4)25-6-5-7-26(17-25)35-20-29(32)31-19-24-12-10-23(11-13-24)18-30-2/h5-7,10-17,21,30H,8-9,18-20H2,1-4H3,(H,31,32). The Bertz CT molecular complexity index is 1080. The van der Waals surface area contributed by atoms with Crippen molar-refractivity contribution in [2.45, 2.75) is 38.8 Å². The summed E-state index contributed by atoms with van der Waals surface area (Å²) in [6.07, 6.45) is 1.90. The van der Waals surface area contributed by atoms with E-state index in [0.29, 0.717) is 18.2 Å². The molecule has 0 radical (unpaired) electrons. The lowest BCUT2D eigenvalue weighted by atomic mass is 9.94. The Labute approximate surface area is 208 Å². The Kier molecular flexibility index (Phi) is 9.99. The quantitative estimate of drug-likeness (QED) is 0.369. The maximum Gasteiger partial charge on any atom is 0.258 e. The fraction of sp³-hybridized carbons (Fsp3) is 0.345. The molecule has 1 amide bonds. The van der Waals surface area contributed by atoms with Gasteiger partial charge in [-0.15, -0.1) is 0 Å². The molecule has 0 heterocycles. The molecule has 0 fully saturated rings. The number of benzene rings is 3. The van der Waals surface area contributed by atoms with Crippen molar-refractivity contribution in [2.75, 3.05) is 27.9 Å². The molecule has 35 heavy (non-hydrogen) atoms. The minimum atomic E-state index is -0.142. The molecule has 186 valence electrons. The minimum Gasteiger partial charge on any atom is -0.493 e. The molecule has 1 unspecified atom stereocenters. The molecule has 3 aromatic rings. The Morgan fingerprint density at radius 1 is 0.857 bits per heavy atom. The lowest BCUT2D eigenvalue weighted by Gasteiger charge is -2.15. The van der Waals surface area contributed by atoms with Crippen LogP contribution in [0.4, 0.5) is 0 Å². The van der Waals surface area contributed by atoms with Crippen LogP contribution < -0.4 is 24.8 Å². The lowest BCUT2D eigenvalue weighted by molar-refractivity contribution is -0.123. The second kappa shape index (κ2) is 13.4. The van der Waals surface area contributed by atoms with E-state index in [4.69, 9.17) is 14.2 Å². The van der Waals surface area contributed by atoms with Crippen LogP contribution in [0.1, 0.15) is 41.5 Å². The van der Waals surface area contributed by atoms with E-state index in [1.165, 1.54) is 16.7 Å². The summed E-state index contributed by atoms with van der Waals surface area (Å²) < 4.78 is 16.5. The predicted molar refractivity (Wildman–Crippen MR) is 139 cm³/mol. The van der Waals surface area contributed by atoms with Crippen LogP contribution in [-0.2, 0) is 24.3 Å². The van der Waals surface area contributed by atoms with Gasteiger partial charge in [0.1, 0.15) is 5.75 Å². The van der Waals surface area contributed by atoms with Crippen molar-refractivity contribution >= 4 is 5.91 Å². The average molecular weight is 477 g/mol. The summed E-state index contributed by atoms with van der Waals surface area (Å²) in [7, 11) is 5.21. The van der Waals surface area contributed by atoms with Crippen molar-refractivity contribution in [1.82, 2.24) is 10.6 Å². The van der Waals surface area contributed by atoms with E-state index in [1.54, 1.807) is 14.2 Å². The van der Waals surface area contributed by atoms with Crippen molar-refractivity contribution in [3.05, 3.63) is 89.0 Å². The van der Waals surface area contributed by atoms with Gasteiger partial charge in [-0.2, -0.15) is 0 Å². The molecule has 0 spiro atoms. The zero-order valence-corrected chi connectivity index (χ0v) is 21.1. The molecule has 0 saturated carbocycles. The van der Waals surface area contributed by atoms with Gasteiger partial charge >= 0.3 is 0 Å². The summed E-state index contributed by atoms with van der Waals surface area (Å²) in [5.74, 6) is 2.38. The van der Waals surface area contributed by atoms with E-state index in [1.807, 2.05) is 49.5 Å². The topological polar surface area (TPSA) is 68.8 Å². The van der Waals surface area contributed by atoms with Crippen LogP contribution in [0.5, 0.6) is 17.2 Å². The first-order valence-corrected chi connectivity index (χ1v) is 11.9. The third kappa shape index (κ3) is 8.04. The highest BCUT2D eigenvalue weighted by Gasteiger charge is 2.10. The first kappa shape index (κ1) is 26.1. The van der Waals surface area contributed by atoms with Crippen LogP contribution in [0.25, 0.3) is 0 Å². The second-order valence-electron chi connectivity index (χ2n) is 8.61. The van der Waals surface area contributed by atoms with Crippen molar-refractivity contribution in [1.29, 1.82) is 0 Å². The van der Waals surface area contributed by atoms with Gasteiger partial charge in [0, 0.05) is 13.1 Å². The lowest BCUT2D eigenvalue weighted by Crippen LogP contribution is -2.28. The maximum absolute atomic E-state index is 12.3. The number of hydrogen-bond donors (Lipinski definition) is 2.